The number of rotatable bonds is 11. The average molecular weight is 1180 g/mol. The van der Waals surface area contributed by atoms with Crippen LogP contribution in [-0.2, 0) is 21.1 Å². The molecule has 13 rings (SSSR count). The van der Waals surface area contributed by atoms with Crippen LogP contribution in [0.1, 0.15) is 101 Å². The van der Waals surface area contributed by atoms with Crippen molar-refractivity contribution in [3.8, 4) is 45.4 Å². The number of pyridine rings is 2. The number of oxazole rings is 2. The number of benzene rings is 7. The summed E-state index contributed by atoms with van der Waals surface area (Å²) in [5.41, 5.74) is 17.0. The Kier molecular flexibility index (Phi) is 12.3. The van der Waals surface area contributed by atoms with Crippen LogP contribution in [0.2, 0.25) is 0 Å². The van der Waals surface area contributed by atoms with Crippen LogP contribution < -0.4 is 4.90 Å². The molecule has 6 aromatic heterocycles. The predicted molar refractivity (Wildman–Crippen MR) is 302 cm³/mol. The van der Waals surface area contributed by atoms with Crippen LogP contribution in [0.15, 0.2) is 170 Å². The van der Waals surface area contributed by atoms with Crippen LogP contribution in [0.5, 0.6) is 0 Å². The monoisotopic (exact) mass is 1170 g/mol. The summed E-state index contributed by atoms with van der Waals surface area (Å²) in [5, 5.41) is 3.88. The number of para-hydroxylation sites is 3. The summed E-state index contributed by atoms with van der Waals surface area (Å²) in [5.74, 6) is 1.97. The Balaban J connectivity index is 0.00000582. The zero-order valence-corrected chi connectivity index (χ0v) is 45.7. The number of nitrogens with zero attached hydrogens (tertiary/aromatic N) is 5. The Hall–Kier alpha value is -8.13. The molecule has 0 aliphatic heterocycles. The van der Waals surface area contributed by atoms with E-state index in [1.165, 1.54) is 22.3 Å². The maximum atomic E-state index is 7.09. The van der Waals surface area contributed by atoms with Crippen molar-refractivity contribution in [1.29, 1.82) is 0 Å². The maximum absolute atomic E-state index is 7.09. The minimum absolute atomic E-state index is 0. The Morgan fingerprint density at radius 1 is 0.395 bits per heavy atom. The third kappa shape index (κ3) is 8.20. The predicted octanol–water partition coefficient (Wildman–Crippen LogP) is 18.8. The molecular formula is C66H53N5O4Pt. The molecule has 6 heterocycles. The summed E-state index contributed by atoms with van der Waals surface area (Å²) in [6, 6.07) is 55.4. The summed E-state index contributed by atoms with van der Waals surface area (Å²) in [6.45, 7) is 17.7. The summed E-state index contributed by atoms with van der Waals surface area (Å²) >= 11 is 0. The molecule has 0 saturated heterocycles. The van der Waals surface area contributed by atoms with Gasteiger partial charge in [-0.25, -0.2) is 0 Å². The number of fused-ring (bicyclic) bond motifs is 8. The molecule has 0 bridgehead atoms. The zero-order chi connectivity index (χ0) is 51.2. The van der Waals surface area contributed by atoms with Crippen molar-refractivity contribution < 1.29 is 38.7 Å². The molecule has 0 aliphatic rings. The molecule has 0 radical (unpaired) electrons. The Morgan fingerprint density at radius 3 is 1.20 bits per heavy atom. The zero-order valence-electron chi connectivity index (χ0n) is 43.4. The molecule has 0 saturated carbocycles. The van der Waals surface area contributed by atoms with Gasteiger partial charge in [0.25, 0.3) is 0 Å². The molecule has 76 heavy (non-hydrogen) atoms. The standard InChI is InChI=1S/C66H53N5O4.Pt/c1-36(2)43-22-16-23-44(37(3)4)61(43)65-69-63-51(53-32-49-47-20-12-14-26-55(47)72-59(49)34-67-53)28-41(30-57(63)74-65)71(40-18-10-9-11-19-40)42-29-52(54-33-50-48-21-13-15-27-56(48)73-60(50)35-68-54)64-58(31-42)75-66(70-64)62-45(38(5)6)24-17-25-46(62)39(7)8;/h9-27,30-39H,1-8H3;/q-2;+2. The van der Waals surface area contributed by atoms with Gasteiger partial charge in [-0.1, -0.05) is 182 Å². The SMILES string of the molecule is CC(C)c1cccc(C(C)C)c1-c1nc2c(-c3cc4c(cn3)oc3ccccc34)[c-]c(N(c3[c-]c(-c4cc5c(cn4)oc4ccccc45)c4nc(-c5c(C(C)C)cccc5C(C)C)oc4c3)c3ccccc3)cc2o1.[Pt+2]. The third-order valence-corrected chi connectivity index (χ3v) is 14.5. The average Bonchev–Trinajstić information content (AvgIpc) is 4.30. The van der Waals surface area contributed by atoms with Crippen molar-refractivity contribution in [2.45, 2.75) is 79.1 Å². The van der Waals surface area contributed by atoms with E-state index in [0.29, 0.717) is 79.0 Å². The number of aromatic nitrogens is 4. The normalized spacial score (nSPS) is 12.1. The molecule has 0 unspecified atom stereocenters. The van der Waals surface area contributed by atoms with Crippen molar-refractivity contribution in [3.05, 3.63) is 186 Å². The van der Waals surface area contributed by atoms with E-state index in [0.717, 1.165) is 49.5 Å². The van der Waals surface area contributed by atoms with Crippen LogP contribution in [0, 0.1) is 12.1 Å². The Morgan fingerprint density at radius 2 is 0.789 bits per heavy atom. The van der Waals surface area contributed by atoms with Crippen LogP contribution in [0.4, 0.5) is 17.1 Å². The van der Waals surface area contributed by atoms with Crippen molar-refractivity contribution >= 4 is 83.1 Å². The fourth-order valence-corrected chi connectivity index (χ4v) is 10.9. The molecule has 376 valence electrons. The number of hydrogen-bond acceptors (Lipinski definition) is 9. The van der Waals surface area contributed by atoms with Crippen LogP contribution in [0.3, 0.4) is 0 Å². The summed E-state index contributed by atoms with van der Waals surface area (Å²) in [4.78, 5) is 23.1. The first kappa shape index (κ1) is 48.8. The molecule has 7 aromatic carbocycles. The molecule has 0 amide bonds. The van der Waals surface area contributed by atoms with Crippen molar-refractivity contribution in [2.24, 2.45) is 0 Å². The van der Waals surface area contributed by atoms with Crippen LogP contribution in [0.25, 0.3) is 111 Å². The van der Waals surface area contributed by atoms with Gasteiger partial charge in [0, 0.05) is 49.4 Å². The van der Waals surface area contributed by atoms with Gasteiger partial charge in [-0.05, 0) is 93.0 Å². The molecule has 0 atom stereocenters. The Labute approximate surface area is 454 Å². The van der Waals surface area contributed by atoms with Gasteiger partial charge in [-0.2, -0.15) is 0 Å². The molecule has 0 spiro atoms. The van der Waals surface area contributed by atoms with E-state index in [-0.39, 0.29) is 44.7 Å². The fourth-order valence-electron chi connectivity index (χ4n) is 10.9. The second kappa shape index (κ2) is 19.2. The fraction of sp³-hybridized carbons (Fsp3) is 0.182. The van der Waals surface area contributed by atoms with Gasteiger partial charge in [0.2, 0.25) is 11.8 Å². The maximum Gasteiger partial charge on any atom is 2.00 e. The van der Waals surface area contributed by atoms with Crippen molar-refractivity contribution in [2.75, 3.05) is 4.90 Å². The van der Waals surface area contributed by atoms with E-state index in [1.54, 1.807) is 12.4 Å². The van der Waals surface area contributed by atoms with E-state index in [9.17, 15) is 0 Å². The Bertz CT molecular complexity index is 4040. The minimum atomic E-state index is 0. The van der Waals surface area contributed by atoms with Crippen LogP contribution >= 0.6 is 0 Å². The smallest absolute Gasteiger partial charge is 0.457 e. The molecule has 9 nitrogen and oxygen atoms in total. The summed E-state index contributed by atoms with van der Waals surface area (Å²) in [7, 11) is 0. The molecule has 13 aromatic rings. The van der Waals surface area contributed by atoms with Crippen LogP contribution in [-0.4, -0.2) is 19.9 Å². The molecule has 0 aliphatic carbocycles. The van der Waals surface area contributed by atoms with E-state index in [1.807, 2.05) is 66.7 Å². The topological polar surface area (TPSA) is 107 Å². The first-order valence-corrected chi connectivity index (χ1v) is 25.9. The summed E-state index contributed by atoms with van der Waals surface area (Å²) in [6.07, 6.45) is 3.59. The largest absolute Gasteiger partial charge is 2.00 e. The first-order chi connectivity index (χ1) is 36.5. The molecule has 0 fully saturated rings. The number of furan rings is 2. The van der Waals surface area contributed by atoms with E-state index < -0.39 is 0 Å². The molecule has 10 heteroatoms. The van der Waals surface area contributed by atoms with Crippen molar-refractivity contribution in [3.63, 3.8) is 0 Å². The van der Waals surface area contributed by atoms with E-state index >= 15 is 0 Å². The molecular weight excluding hydrogens is 1120 g/mol. The number of hydrogen-bond donors (Lipinski definition) is 0. The van der Waals surface area contributed by atoms with Gasteiger partial charge in [-0.3, -0.25) is 9.97 Å². The third-order valence-electron chi connectivity index (χ3n) is 14.5. The van der Waals surface area contributed by atoms with Gasteiger partial charge in [-0.15, -0.1) is 12.1 Å². The quantitative estimate of drug-likeness (QED) is 0.117. The minimum Gasteiger partial charge on any atom is -0.457 e. The summed E-state index contributed by atoms with van der Waals surface area (Å²) < 4.78 is 26.7. The van der Waals surface area contributed by atoms with E-state index in [2.05, 4.69) is 145 Å². The van der Waals surface area contributed by atoms with E-state index in [4.69, 9.17) is 37.6 Å². The van der Waals surface area contributed by atoms with Gasteiger partial charge in [0.15, 0.2) is 11.2 Å². The van der Waals surface area contributed by atoms with Crippen molar-refractivity contribution in [1.82, 2.24) is 19.9 Å². The number of anilines is 3. The van der Waals surface area contributed by atoms with Gasteiger partial charge in [0.1, 0.15) is 11.2 Å². The van der Waals surface area contributed by atoms with Gasteiger partial charge in [0.05, 0.1) is 23.6 Å². The van der Waals surface area contributed by atoms with Gasteiger partial charge < -0.3 is 32.5 Å². The molecule has 0 N–H and O–H groups in total. The second-order valence-electron chi connectivity index (χ2n) is 20.8. The van der Waals surface area contributed by atoms with Gasteiger partial charge >= 0.3 is 21.1 Å². The first-order valence-electron chi connectivity index (χ1n) is 25.9. The second-order valence-corrected chi connectivity index (χ2v) is 20.8.